The Bertz CT molecular complexity index is 624. The number of alkyl halides is 3. The van der Waals surface area contributed by atoms with Gasteiger partial charge >= 0.3 is 15.6 Å². The average molecular weight is 339 g/mol. The lowest BCUT2D eigenvalue weighted by molar-refractivity contribution is -0.0500. The van der Waals surface area contributed by atoms with Gasteiger partial charge in [0.05, 0.1) is 5.60 Å². The van der Waals surface area contributed by atoms with Crippen LogP contribution in [0.4, 0.5) is 13.2 Å². The Morgan fingerprint density at radius 1 is 1.23 bits per heavy atom. The predicted molar refractivity (Wildman–Crippen MR) is 72.8 cm³/mol. The van der Waals surface area contributed by atoms with Crippen molar-refractivity contribution >= 4 is 10.1 Å². The number of halogens is 3. The summed E-state index contributed by atoms with van der Waals surface area (Å²) in [5.74, 6) is -0.410. The van der Waals surface area contributed by atoms with Crippen molar-refractivity contribution in [2.45, 2.75) is 30.4 Å². The second kappa shape index (κ2) is 6.05. The highest BCUT2D eigenvalue weighted by atomic mass is 32.2. The molecule has 1 saturated heterocycles. The molecule has 0 spiro atoms. The summed E-state index contributed by atoms with van der Waals surface area (Å²) in [6, 6.07) is 5.51. The second-order valence-corrected chi connectivity index (χ2v) is 6.78. The first-order valence-corrected chi connectivity index (χ1v) is 8.06. The number of benzene rings is 1. The molecular formula is C13H16F3NO4S. The van der Waals surface area contributed by atoms with E-state index in [1.807, 2.05) is 0 Å². The lowest BCUT2D eigenvalue weighted by atomic mass is 9.86. The SMILES string of the molecule is O=S(=O)(Oc1ccccc1CC1(O)CCNCC1)C(F)(F)F. The van der Waals surface area contributed by atoms with E-state index >= 15 is 0 Å². The number of hydrogen-bond acceptors (Lipinski definition) is 5. The van der Waals surface area contributed by atoms with E-state index in [9.17, 15) is 26.7 Å². The molecule has 5 nitrogen and oxygen atoms in total. The van der Waals surface area contributed by atoms with Gasteiger partial charge in [-0.2, -0.15) is 21.6 Å². The molecule has 0 atom stereocenters. The zero-order valence-corrected chi connectivity index (χ0v) is 12.4. The van der Waals surface area contributed by atoms with Crippen LogP contribution in [0.5, 0.6) is 5.75 Å². The summed E-state index contributed by atoms with van der Waals surface area (Å²) in [6.45, 7) is 1.17. The van der Waals surface area contributed by atoms with Crippen molar-refractivity contribution < 1.29 is 30.9 Å². The summed E-state index contributed by atoms with van der Waals surface area (Å²) in [6.07, 6.45) is 0.874. The van der Waals surface area contributed by atoms with Gasteiger partial charge in [-0.25, -0.2) is 0 Å². The molecule has 124 valence electrons. The summed E-state index contributed by atoms with van der Waals surface area (Å²) in [4.78, 5) is 0. The predicted octanol–water partition coefficient (Wildman–Crippen LogP) is 1.57. The van der Waals surface area contributed by atoms with Crippen molar-refractivity contribution in [3.05, 3.63) is 29.8 Å². The molecule has 0 unspecified atom stereocenters. The van der Waals surface area contributed by atoms with E-state index in [2.05, 4.69) is 9.50 Å². The number of nitrogens with one attached hydrogen (secondary N) is 1. The van der Waals surface area contributed by atoms with Crippen molar-refractivity contribution in [3.8, 4) is 5.75 Å². The van der Waals surface area contributed by atoms with Crippen LogP contribution in [0.1, 0.15) is 18.4 Å². The van der Waals surface area contributed by atoms with Gasteiger partial charge in [-0.1, -0.05) is 18.2 Å². The van der Waals surface area contributed by atoms with E-state index in [1.165, 1.54) is 12.1 Å². The molecule has 9 heteroatoms. The number of hydrogen-bond donors (Lipinski definition) is 2. The summed E-state index contributed by atoms with van der Waals surface area (Å²) in [5.41, 5.74) is -6.36. The summed E-state index contributed by atoms with van der Waals surface area (Å²) < 4.78 is 63.7. The van der Waals surface area contributed by atoms with Crippen LogP contribution in [0.2, 0.25) is 0 Å². The Kier molecular flexibility index (Phi) is 4.69. The van der Waals surface area contributed by atoms with Gasteiger partial charge in [0.1, 0.15) is 5.75 Å². The topological polar surface area (TPSA) is 75.6 Å². The first kappa shape index (κ1) is 17.0. The van der Waals surface area contributed by atoms with Crippen molar-refractivity contribution in [3.63, 3.8) is 0 Å². The molecular weight excluding hydrogens is 323 g/mol. The van der Waals surface area contributed by atoms with Crippen molar-refractivity contribution in [2.24, 2.45) is 0 Å². The number of para-hydroxylation sites is 1. The molecule has 0 amide bonds. The van der Waals surface area contributed by atoms with E-state index in [4.69, 9.17) is 0 Å². The molecule has 1 heterocycles. The Morgan fingerprint density at radius 3 is 2.41 bits per heavy atom. The highest BCUT2D eigenvalue weighted by Crippen LogP contribution is 2.32. The van der Waals surface area contributed by atoms with Gasteiger partial charge in [0, 0.05) is 6.42 Å². The van der Waals surface area contributed by atoms with Crippen LogP contribution in [0, 0.1) is 0 Å². The maximum atomic E-state index is 12.4. The summed E-state index contributed by atoms with van der Waals surface area (Å²) >= 11 is 0. The zero-order valence-electron chi connectivity index (χ0n) is 11.6. The molecule has 2 N–H and O–H groups in total. The molecule has 22 heavy (non-hydrogen) atoms. The molecule has 0 bridgehead atoms. The van der Waals surface area contributed by atoms with Gasteiger partial charge in [-0.15, -0.1) is 0 Å². The summed E-state index contributed by atoms with van der Waals surface area (Å²) in [7, 11) is -5.73. The fourth-order valence-corrected chi connectivity index (χ4v) is 2.81. The highest BCUT2D eigenvalue weighted by Gasteiger charge is 2.48. The molecule has 1 aromatic carbocycles. The van der Waals surface area contributed by atoms with Crippen molar-refractivity contribution in [1.82, 2.24) is 5.32 Å². The van der Waals surface area contributed by atoms with E-state index in [-0.39, 0.29) is 12.0 Å². The lowest BCUT2D eigenvalue weighted by Crippen LogP contribution is -2.43. The van der Waals surface area contributed by atoms with Crippen LogP contribution < -0.4 is 9.50 Å². The van der Waals surface area contributed by atoms with Gasteiger partial charge in [-0.3, -0.25) is 0 Å². The quantitative estimate of drug-likeness (QED) is 0.643. The first-order valence-electron chi connectivity index (χ1n) is 6.65. The van der Waals surface area contributed by atoms with E-state index in [1.54, 1.807) is 6.07 Å². The molecule has 1 aromatic rings. The largest absolute Gasteiger partial charge is 0.534 e. The third kappa shape index (κ3) is 3.90. The van der Waals surface area contributed by atoms with Crippen molar-refractivity contribution in [2.75, 3.05) is 13.1 Å². The Hall–Kier alpha value is -1.32. The maximum absolute atomic E-state index is 12.4. The van der Waals surface area contributed by atoms with Crippen LogP contribution >= 0.6 is 0 Å². The molecule has 0 aromatic heterocycles. The third-order valence-corrected chi connectivity index (χ3v) is 4.48. The van der Waals surface area contributed by atoms with Crippen LogP contribution in [-0.4, -0.2) is 37.7 Å². The number of rotatable bonds is 4. The fraction of sp³-hybridized carbons (Fsp3) is 0.538. The molecule has 1 fully saturated rings. The number of piperidine rings is 1. The average Bonchev–Trinajstić information content (AvgIpc) is 2.40. The fourth-order valence-electron chi connectivity index (χ4n) is 2.32. The minimum absolute atomic E-state index is 0.0260. The standard InChI is InChI=1S/C13H16F3NO4S/c14-13(15,16)22(19,20)21-11-4-2-1-3-10(11)9-12(18)5-7-17-8-6-12/h1-4,17-18H,5-9H2. The maximum Gasteiger partial charge on any atom is 0.534 e. The Morgan fingerprint density at radius 2 is 1.82 bits per heavy atom. The van der Waals surface area contributed by atoms with Gasteiger partial charge in [-0.05, 0) is 37.6 Å². The molecule has 0 saturated carbocycles. The van der Waals surface area contributed by atoms with Gasteiger partial charge in [0.25, 0.3) is 0 Å². The Labute approximate surface area is 126 Å². The lowest BCUT2D eigenvalue weighted by Gasteiger charge is -2.33. The van der Waals surface area contributed by atoms with Gasteiger partial charge < -0.3 is 14.6 Å². The smallest absolute Gasteiger partial charge is 0.389 e. The normalized spacial score (nSPS) is 18.9. The van der Waals surface area contributed by atoms with Gasteiger partial charge in [0.2, 0.25) is 0 Å². The van der Waals surface area contributed by atoms with E-state index in [0.717, 1.165) is 6.07 Å². The minimum Gasteiger partial charge on any atom is -0.389 e. The van der Waals surface area contributed by atoms with Gasteiger partial charge in [0.15, 0.2) is 0 Å². The molecule has 1 aliphatic heterocycles. The number of aliphatic hydroxyl groups is 1. The zero-order chi connectivity index (χ0) is 16.4. The van der Waals surface area contributed by atoms with Crippen LogP contribution in [0.15, 0.2) is 24.3 Å². The molecule has 0 aliphatic carbocycles. The molecule has 1 aliphatic rings. The third-order valence-electron chi connectivity index (χ3n) is 3.51. The molecule has 2 rings (SSSR count). The van der Waals surface area contributed by atoms with E-state index in [0.29, 0.717) is 25.9 Å². The van der Waals surface area contributed by atoms with Crippen LogP contribution in [0.3, 0.4) is 0 Å². The minimum atomic E-state index is -5.73. The summed E-state index contributed by atoms with van der Waals surface area (Å²) in [5, 5.41) is 13.5. The van der Waals surface area contributed by atoms with Crippen LogP contribution in [0.25, 0.3) is 0 Å². The second-order valence-electron chi connectivity index (χ2n) is 5.24. The first-order chi connectivity index (χ1) is 10.1. The highest BCUT2D eigenvalue weighted by molar-refractivity contribution is 7.88. The van der Waals surface area contributed by atoms with E-state index < -0.39 is 27.0 Å². The van der Waals surface area contributed by atoms with Crippen LogP contribution in [-0.2, 0) is 16.5 Å². The molecule has 0 radical (unpaired) electrons. The Balaban J connectivity index is 2.24. The monoisotopic (exact) mass is 339 g/mol. The van der Waals surface area contributed by atoms with Crippen molar-refractivity contribution in [1.29, 1.82) is 0 Å².